The van der Waals surface area contributed by atoms with E-state index in [9.17, 15) is 17.6 Å². The van der Waals surface area contributed by atoms with Crippen molar-refractivity contribution in [2.75, 3.05) is 19.6 Å². The average Bonchev–Trinajstić information content (AvgIpc) is 2.70. The van der Waals surface area contributed by atoms with Crippen molar-refractivity contribution < 1.29 is 17.6 Å². The highest BCUT2D eigenvalue weighted by molar-refractivity contribution is 7.88. The molecular formula is C21H25FN2O3S. The number of nitrogens with zero attached hydrogens (tertiary/aromatic N) is 1. The molecule has 0 spiro atoms. The van der Waals surface area contributed by atoms with Gasteiger partial charge in [0.15, 0.2) is 0 Å². The van der Waals surface area contributed by atoms with Crippen molar-refractivity contribution in [3.63, 3.8) is 0 Å². The molecule has 0 bridgehead atoms. The van der Waals surface area contributed by atoms with Gasteiger partial charge in [-0.1, -0.05) is 48.5 Å². The van der Waals surface area contributed by atoms with Crippen molar-refractivity contribution in [3.05, 3.63) is 71.5 Å². The number of hydrogen-bond donors (Lipinski definition) is 1. The molecule has 1 heterocycles. The molecule has 28 heavy (non-hydrogen) atoms. The molecule has 150 valence electrons. The third kappa shape index (κ3) is 5.39. The van der Waals surface area contributed by atoms with Crippen LogP contribution in [0.15, 0.2) is 54.6 Å². The molecule has 0 atom stereocenters. The first-order chi connectivity index (χ1) is 13.5. The van der Waals surface area contributed by atoms with Crippen LogP contribution in [0.2, 0.25) is 0 Å². The van der Waals surface area contributed by atoms with E-state index in [2.05, 4.69) is 5.32 Å². The Morgan fingerprint density at radius 3 is 2.36 bits per heavy atom. The van der Waals surface area contributed by atoms with Gasteiger partial charge in [-0.05, 0) is 30.9 Å². The van der Waals surface area contributed by atoms with Crippen LogP contribution in [0.5, 0.6) is 0 Å². The SMILES string of the molecule is O=C(NCCc1ccccc1)C1CCN(S(=O)(=O)Cc2ccccc2F)CC1. The number of nitrogens with one attached hydrogen (secondary N) is 1. The number of halogens is 1. The van der Waals surface area contributed by atoms with E-state index in [4.69, 9.17) is 0 Å². The lowest BCUT2D eigenvalue weighted by atomic mass is 9.97. The smallest absolute Gasteiger partial charge is 0.223 e. The van der Waals surface area contributed by atoms with E-state index in [-0.39, 0.29) is 36.2 Å². The molecule has 0 aliphatic carbocycles. The van der Waals surface area contributed by atoms with Crippen molar-refractivity contribution in [2.24, 2.45) is 5.92 Å². The number of sulfonamides is 1. The molecule has 7 heteroatoms. The van der Waals surface area contributed by atoms with Crippen LogP contribution in [0.25, 0.3) is 0 Å². The number of rotatable bonds is 7. The number of carbonyl (C=O) groups is 1. The molecule has 5 nitrogen and oxygen atoms in total. The number of hydrogen-bond acceptors (Lipinski definition) is 3. The molecule has 1 N–H and O–H groups in total. The molecule has 1 fully saturated rings. The summed E-state index contributed by atoms with van der Waals surface area (Å²) in [4.78, 5) is 12.4. The van der Waals surface area contributed by atoms with E-state index in [1.165, 1.54) is 22.5 Å². The van der Waals surface area contributed by atoms with Crippen LogP contribution in [-0.4, -0.2) is 38.3 Å². The van der Waals surface area contributed by atoms with Crippen LogP contribution in [-0.2, 0) is 27.0 Å². The fourth-order valence-electron chi connectivity index (χ4n) is 3.42. The van der Waals surface area contributed by atoms with Gasteiger partial charge in [0, 0.05) is 31.1 Å². The minimum Gasteiger partial charge on any atom is -0.356 e. The van der Waals surface area contributed by atoms with Crippen LogP contribution in [0.4, 0.5) is 4.39 Å². The molecule has 0 saturated carbocycles. The topological polar surface area (TPSA) is 66.5 Å². The van der Waals surface area contributed by atoms with Crippen molar-refractivity contribution in [2.45, 2.75) is 25.0 Å². The second-order valence-corrected chi connectivity index (χ2v) is 9.02. The lowest BCUT2D eigenvalue weighted by Crippen LogP contribution is -2.43. The summed E-state index contributed by atoms with van der Waals surface area (Å²) in [7, 11) is -3.60. The molecule has 0 radical (unpaired) electrons. The number of benzene rings is 2. The average molecular weight is 405 g/mol. The van der Waals surface area contributed by atoms with Crippen molar-refractivity contribution in [1.29, 1.82) is 0 Å². The zero-order chi connectivity index (χ0) is 20.0. The standard InChI is InChI=1S/C21H25FN2O3S/c22-20-9-5-4-8-19(20)16-28(26,27)24-14-11-18(12-15-24)21(25)23-13-10-17-6-2-1-3-7-17/h1-9,18H,10-16H2,(H,23,25). The molecule has 1 aliphatic heterocycles. The zero-order valence-corrected chi connectivity index (χ0v) is 16.5. The summed E-state index contributed by atoms with van der Waals surface area (Å²) in [6, 6.07) is 15.8. The maximum atomic E-state index is 13.8. The molecule has 2 aromatic carbocycles. The van der Waals surface area contributed by atoms with E-state index in [1.54, 1.807) is 6.07 Å². The minimum absolute atomic E-state index is 0.0258. The molecule has 0 unspecified atom stereocenters. The largest absolute Gasteiger partial charge is 0.356 e. The molecular weight excluding hydrogens is 379 g/mol. The molecule has 1 saturated heterocycles. The first-order valence-electron chi connectivity index (χ1n) is 9.48. The molecule has 1 aliphatic rings. The minimum atomic E-state index is -3.60. The third-order valence-corrected chi connectivity index (χ3v) is 6.90. The third-order valence-electron chi connectivity index (χ3n) is 5.07. The quantitative estimate of drug-likeness (QED) is 0.772. The number of carbonyl (C=O) groups excluding carboxylic acids is 1. The van der Waals surface area contributed by atoms with Crippen LogP contribution >= 0.6 is 0 Å². The summed E-state index contributed by atoms with van der Waals surface area (Å²) in [6.45, 7) is 1.13. The summed E-state index contributed by atoms with van der Waals surface area (Å²) >= 11 is 0. The Balaban J connectivity index is 1.47. The second kappa shape index (κ2) is 9.30. The normalized spacial score (nSPS) is 16.0. The van der Waals surface area contributed by atoms with Crippen LogP contribution in [0.1, 0.15) is 24.0 Å². The molecule has 1 amide bonds. The van der Waals surface area contributed by atoms with Gasteiger partial charge in [-0.15, -0.1) is 0 Å². The Labute approximate surface area is 165 Å². The van der Waals surface area contributed by atoms with Crippen molar-refractivity contribution in [3.8, 4) is 0 Å². The number of amides is 1. The van der Waals surface area contributed by atoms with Gasteiger partial charge >= 0.3 is 0 Å². The summed E-state index contributed by atoms with van der Waals surface area (Å²) in [5, 5.41) is 2.95. The highest BCUT2D eigenvalue weighted by Crippen LogP contribution is 2.22. The van der Waals surface area contributed by atoms with Crippen LogP contribution in [0, 0.1) is 11.7 Å². The summed E-state index contributed by atoms with van der Waals surface area (Å²) in [5.41, 5.74) is 1.33. The first kappa shape index (κ1) is 20.5. The van der Waals surface area contributed by atoms with Crippen LogP contribution in [0.3, 0.4) is 0 Å². The predicted octanol–water partition coefficient (Wildman–Crippen LogP) is 2.73. The lowest BCUT2D eigenvalue weighted by molar-refractivity contribution is -0.126. The van der Waals surface area contributed by atoms with E-state index in [0.717, 1.165) is 12.0 Å². The molecule has 0 aromatic heterocycles. The van der Waals surface area contributed by atoms with Gasteiger partial charge in [0.25, 0.3) is 0 Å². The van der Waals surface area contributed by atoms with Gasteiger partial charge in [0.2, 0.25) is 15.9 Å². The number of piperidine rings is 1. The first-order valence-corrected chi connectivity index (χ1v) is 11.1. The van der Waals surface area contributed by atoms with Crippen molar-refractivity contribution >= 4 is 15.9 Å². The maximum Gasteiger partial charge on any atom is 0.223 e. The molecule has 3 rings (SSSR count). The van der Waals surface area contributed by atoms with Gasteiger partial charge in [-0.25, -0.2) is 17.1 Å². The molecule has 2 aromatic rings. The summed E-state index contributed by atoms with van der Waals surface area (Å²) in [6.07, 6.45) is 1.73. The van der Waals surface area contributed by atoms with Crippen molar-refractivity contribution in [1.82, 2.24) is 9.62 Å². The predicted molar refractivity (Wildman–Crippen MR) is 106 cm³/mol. The van der Waals surface area contributed by atoms with Gasteiger partial charge in [0.1, 0.15) is 5.82 Å². The van der Waals surface area contributed by atoms with Crippen LogP contribution < -0.4 is 5.32 Å². The second-order valence-electron chi connectivity index (χ2n) is 7.05. The van der Waals surface area contributed by atoms with Gasteiger partial charge in [-0.3, -0.25) is 4.79 Å². The monoisotopic (exact) mass is 404 g/mol. The lowest BCUT2D eigenvalue weighted by Gasteiger charge is -2.30. The van der Waals surface area contributed by atoms with E-state index in [0.29, 0.717) is 19.4 Å². The van der Waals surface area contributed by atoms with E-state index in [1.807, 2.05) is 30.3 Å². The Kier molecular flexibility index (Phi) is 6.80. The highest BCUT2D eigenvalue weighted by Gasteiger charge is 2.31. The summed E-state index contributed by atoms with van der Waals surface area (Å²) < 4.78 is 40.3. The highest BCUT2D eigenvalue weighted by atomic mass is 32.2. The Morgan fingerprint density at radius 1 is 1.04 bits per heavy atom. The van der Waals surface area contributed by atoms with E-state index < -0.39 is 15.8 Å². The maximum absolute atomic E-state index is 13.8. The fraction of sp³-hybridized carbons (Fsp3) is 0.381. The van der Waals surface area contributed by atoms with Gasteiger partial charge in [0.05, 0.1) is 5.75 Å². The zero-order valence-electron chi connectivity index (χ0n) is 15.7. The van der Waals surface area contributed by atoms with Gasteiger partial charge in [-0.2, -0.15) is 0 Å². The Bertz CT molecular complexity index is 895. The summed E-state index contributed by atoms with van der Waals surface area (Å²) in [5.74, 6) is -1.08. The Morgan fingerprint density at radius 2 is 1.68 bits per heavy atom. The van der Waals surface area contributed by atoms with Gasteiger partial charge < -0.3 is 5.32 Å². The van der Waals surface area contributed by atoms with E-state index >= 15 is 0 Å². The fourth-order valence-corrected chi connectivity index (χ4v) is 5.00. The Hall–Kier alpha value is -2.25.